The first-order valence-electron chi connectivity index (χ1n) is 30.4. The van der Waals surface area contributed by atoms with Crippen molar-refractivity contribution in [1.82, 2.24) is 5.32 Å². The van der Waals surface area contributed by atoms with Crippen molar-refractivity contribution in [3.05, 3.63) is 12.2 Å². The highest BCUT2D eigenvalue weighted by Crippen LogP contribution is 2.33. The molecular formula is C58H109NO18. The number of nitrogens with one attached hydrogen (secondary N) is 1. The summed E-state index contributed by atoms with van der Waals surface area (Å²) in [7, 11) is 0. The molecule has 0 aromatic rings. The van der Waals surface area contributed by atoms with Crippen molar-refractivity contribution in [2.75, 3.05) is 26.4 Å². The van der Waals surface area contributed by atoms with Crippen LogP contribution in [0.4, 0.5) is 0 Å². The average Bonchev–Trinajstić information content (AvgIpc) is 3.43. The molecular weight excluding hydrogens is 999 g/mol. The van der Waals surface area contributed by atoms with Gasteiger partial charge in [-0.25, -0.2) is 0 Å². The summed E-state index contributed by atoms with van der Waals surface area (Å²) in [5.74, 6) is -0.252. The van der Waals surface area contributed by atoms with E-state index in [1.165, 1.54) is 122 Å². The number of allylic oxidation sites excluding steroid dienone is 2. The van der Waals surface area contributed by atoms with Crippen LogP contribution >= 0.6 is 0 Å². The van der Waals surface area contributed by atoms with E-state index in [-0.39, 0.29) is 18.9 Å². The average molecular weight is 1110 g/mol. The molecule has 0 radical (unpaired) electrons. The lowest BCUT2D eigenvalue weighted by molar-refractivity contribution is -0.379. The second kappa shape index (κ2) is 42.4. The van der Waals surface area contributed by atoms with Gasteiger partial charge in [-0.1, -0.05) is 193 Å². The first kappa shape index (κ1) is 69.8. The SMILES string of the molecule is CCCC/C=C\CCCCCCCC(=O)NC(COC1OC(CO)C(OC2OC(CO)C(OC3OC(CO)C(O)C(O)C3O)C(O)C2O)C(O)C1O)C(O)CCCCCCCCCCCCCCCCCCCCCCC. The van der Waals surface area contributed by atoms with Crippen LogP contribution in [0.2, 0.25) is 0 Å². The summed E-state index contributed by atoms with van der Waals surface area (Å²) < 4.78 is 34.3. The zero-order valence-electron chi connectivity index (χ0n) is 47.2. The molecule has 77 heavy (non-hydrogen) atoms. The summed E-state index contributed by atoms with van der Waals surface area (Å²) >= 11 is 0. The van der Waals surface area contributed by atoms with Gasteiger partial charge in [0.2, 0.25) is 5.91 Å². The lowest BCUT2D eigenvalue weighted by Gasteiger charge is -2.48. The first-order chi connectivity index (χ1) is 37.3. The molecule has 19 nitrogen and oxygen atoms in total. The van der Waals surface area contributed by atoms with Crippen molar-refractivity contribution in [3.8, 4) is 0 Å². The van der Waals surface area contributed by atoms with E-state index in [1.807, 2.05) is 0 Å². The summed E-state index contributed by atoms with van der Waals surface area (Å²) in [5.41, 5.74) is 0. The summed E-state index contributed by atoms with van der Waals surface area (Å²) in [4.78, 5) is 13.3. The normalized spacial score (nSPS) is 30.7. The molecule has 3 rings (SSSR count). The fraction of sp³-hybridized carbons (Fsp3) is 0.948. The third-order valence-electron chi connectivity index (χ3n) is 15.6. The first-order valence-corrected chi connectivity index (χ1v) is 30.4. The molecule has 454 valence electrons. The van der Waals surface area contributed by atoms with E-state index >= 15 is 0 Å². The second-order valence-electron chi connectivity index (χ2n) is 22.2. The molecule has 17 unspecified atom stereocenters. The molecule has 3 saturated heterocycles. The zero-order chi connectivity index (χ0) is 56.2. The number of carbonyl (C=O) groups excluding carboxylic acids is 1. The molecule has 3 aliphatic rings. The fourth-order valence-electron chi connectivity index (χ4n) is 10.5. The smallest absolute Gasteiger partial charge is 0.220 e. The lowest BCUT2D eigenvalue weighted by Crippen LogP contribution is -2.66. The number of aliphatic hydroxyl groups is 11. The van der Waals surface area contributed by atoms with Gasteiger partial charge in [-0.05, 0) is 32.1 Å². The summed E-state index contributed by atoms with van der Waals surface area (Å²) in [6.07, 6.45) is 14.5. The van der Waals surface area contributed by atoms with Crippen LogP contribution in [-0.2, 0) is 33.2 Å². The van der Waals surface area contributed by atoms with E-state index in [1.54, 1.807) is 0 Å². The van der Waals surface area contributed by atoms with E-state index in [0.29, 0.717) is 12.8 Å². The molecule has 17 atom stereocenters. The van der Waals surface area contributed by atoms with Crippen LogP contribution in [0.25, 0.3) is 0 Å². The Bertz CT molecular complexity index is 1460. The number of hydrogen-bond acceptors (Lipinski definition) is 18. The predicted molar refractivity (Wildman–Crippen MR) is 291 cm³/mol. The van der Waals surface area contributed by atoms with Crippen molar-refractivity contribution in [1.29, 1.82) is 0 Å². The number of ether oxygens (including phenoxy) is 6. The second-order valence-corrected chi connectivity index (χ2v) is 22.2. The quantitative estimate of drug-likeness (QED) is 0.0269. The van der Waals surface area contributed by atoms with E-state index in [0.717, 1.165) is 64.2 Å². The lowest BCUT2D eigenvalue weighted by atomic mass is 9.96. The highest BCUT2D eigenvalue weighted by atomic mass is 16.8. The maximum Gasteiger partial charge on any atom is 0.220 e. The Morgan fingerprint density at radius 1 is 0.455 bits per heavy atom. The van der Waals surface area contributed by atoms with Gasteiger partial charge < -0.3 is 89.9 Å². The molecule has 0 saturated carbocycles. The van der Waals surface area contributed by atoms with Crippen LogP contribution in [0.15, 0.2) is 12.2 Å². The molecule has 0 bridgehead atoms. The van der Waals surface area contributed by atoms with Crippen LogP contribution < -0.4 is 5.32 Å². The number of rotatable bonds is 45. The topological polar surface area (TPSA) is 307 Å². The van der Waals surface area contributed by atoms with Gasteiger partial charge in [0.05, 0.1) is 38.6 Å². The van der Waals surface area contributed by atoms with E-state index < -0.39 is 124 Å². The molecule has 1 amide bonds. The number of unbranched alkanes of at least 4 members (excludes halogenated alkanes) is 27. The monoisotopic (exact) mass is 1110 g/mol. The van der Waals surface area contributed by atoms with Gasteiger partial charge in [-0.2, -0.15) is 0 Å². The van der Waals surface area contributed by atoms with Crippen molar-refractivity contribution in [3.63, 3.8) is 0 Å². The van der Waals surface area contributed by atoms with Crippen LogP contribution in [-0.4, -0.2) is 193 Å². The molecule has 12 N–H and O–H groups in total. The Morgan fingerprint density at radius 2 is 0.831 bits per heavy atom. The predicted octanol–water partition coefficient (Wildman–Crippen LogP) is 5.38. The minimum atomic E-state index is -1.97. The minimum absolute atomic E-state index is 0.252. The Kier molecular flexibility index (Phi) is 38.4. The molecule has 0 aliphatic carbocycles. The molecule has 3 aliphatic heterocycles. The Hall–Kier alpha value is -1.47. The van der Waals surface area contributed by atoms with Crippen molar-refractivity contribution in [2.24, 2.45) is 0 Å². The Labute approximate surface area is 461 Å². The third kappa shape index (κ3) is 26.5. The fourth-order valence-corrected chi connectivity index (χ4v) is 10.5. The molecule has 0 aromatic carbocycles. The molecule has 0 aromatic heterocycles. The Morgan fingerprint density at radius 3 is 1.30 bits per heavy atom. The molecule has 19 heteroatoms. The zero-order valence-corrected chi connectivity index (χ0v) is 47.2. The van der Waals surface area contributed by atoms with Crippen molar-refractivity contribution < 1.29 is 89.4 Å². The Balaban J connectivity index is 1.47. The number of amides is 1. The van der Waals surface area contributed by atoms with Gasteiger partial charge in [0.25, 0.3) is 0 Å². The molecule has 3 fully saturated rings. The van der Waals surface area contributed by atoms with Crippen LogP contribution in [0, 0.1) is 0 Å². The van der Waals surface area contributed by atoms with Gasteiger partial charge >= 0.3 is 0 Å². The maximum atomic E-state index is 13.3. The van der Waals surface area contributed by atoms with Crippen LogP contribution in [0.5, 0.6) is 0 Å². The van der Waals surface area contributed by atoms with E-state index in [2.05, 4.69) is 31.3 Å². The largest absolute Gasteiger partial charge is 0.394 e. The van der Waals surface area contributed by atoms with Gasteiger partial charge in [0.15, 0.2) is 18.9 Å². The number of hydrogen-bond donors (Lipinski definition) is 12. The van der Waals surface area contributed by atoms with Crippen LogP contribution in [0.3, 0.4) is 0 Å². The van der Waals surface area contributed by atoms with Gasteiger partial charge in [-0.3, -0.25) is 4.79 Å². The summed E-state index contributed by atoms with van der Waals surface area (Å²) in [5, 5.41) is 120. The highest BCUT2D eigenvalue weighted by molar-refractivity contribution is 5.76. The highest BCUT2D eigenvalue weighted by Gasteiger charge is 2.53. The molecule has 0 spiro atoms. The summed E-state index contributed by atoms with van der Waals surface area (Å²) in [6.45, 7) is 1.75. The van der Waals surface area contributed by atoms with Gasteiger partial charge in [0, 0.05) is 6.42 Å². The number of aliphatic hydroxyl groups excluding tert-OH is 11. The maximum absolute atomic E-state index is 13.3. The summed E-state index contributed by atoms with van der Waals surface area (Å²) in [6, 6.07) is -0.887. The van der Waals surface area contributed by atoms with E-state index in [4.69, 9.17) is 28.4 Å². The third-order valence-corrected chi connectivity index (χ3v) is 15.6. The standard InChI is InChI=1S/C58H109NO18/c1-3-5-7-9-11-13-15-16-17-18-19-20-21-22-23-24-26-27-29-31-33-35-42(63)41(59-46(64)36-34-32-30-28-25-14-12-10-8-6-4-2)40-72-56-52(70)49(67)54(44(38-61)74-56)77-58-53(71)50(68)55(45(39-62)75-58)76-57-51(69)48(66)47(65)43(37-60)73-57/h10,12,41-45,47-58,60-63,65-71H,3-9,11,13-40H2,1-2H3,(H,59,64)/b12-10-. The molecule has 3 heterocycles. The van der Waals surface area contributed by atoms with Crippen molar-refractivity contribution in [2.45, 2.75) is 324 Å². The van der Waals surface area contributed by atoms with Crippen molar-refractivity contribution >= 4 is 5.91 Å². The van der Waals surface area contributed by atoms with E-state index in [9.17, 15) is 61.0 Å². The van der Waals surface area contributed by atoms with Crippen LogP contribution in [0.1, 0.15) is 219 Å². The number of carbonyl (C=O) groups is 1. The van der Waals surface area contributed by atoms with Gasteiger partial charge in [0.1, 0.15) is 73.2 Å². The minimum Gasteiger partial charge on any atom is -0.394 e. The van der Waals surface area contributed by atoms with Gasteiger partial charge in [-0.15, -0.1) is 0 Å².